The first-order valence-electron chi connectivity index (χ1n) is 6.15. The van der Waals surface area contributed by atoms with Crippen molar-refractivity contribution in [1.82, 2.24) is 20.4 Å². The molecule has 0 unspecified atom stereocenters. The molecule has 10 heteroatoms. The molecule has 1 fully saturated rings. The number of imide groups is 3. The normalized spacial score (nSPS) is 14.5. The zero-order valence-corrected chi connectivity index (χ0v) is 11.5. The van der Waals surface area contributed by atoms with E-state index >= 15 is 0 Å². The fraction of sp³-hybridized carbons (Fsp3) is 0.250. The summed E-state index contributed by atoms with van der Waals surface area (Å²) in [6, 6.07) is 1.37. The lowest BCUT2D eigenvalue weighted by Crippen LogP contribution is -2.45. The summed E-state index contributed by atoms with van der Waals surface area (Å²) >= 11 is 0. The molecule has 0 aromatic carbocycles. The van der Waals surface area contributed by atoms with Gasteiger partial charge in [-0.25, -0.2) is 19.4 Å². The summed E-state index contributed by atoms with van der Waals surface area (Å²) in [4.78, 5) is 59.2. The predicted molar refractivity (Wildman–Crippen MR) is 69.0 cm³/mol. The van der Waals surface area contributed by atoms with Gasteiger partial charge in [-0.1, -0.05) is 0 Å². The molecule has 0 bridgehead atoms. The smallest absolute Gasteiger partial charge is 0.335 e. The number of hydrogen-bond acceptors (Lipinski definition) is 6. The van der Waals surface area contributed by atoms with Gasteiger partial charge in [0.2, 0.25) is 5.91 Å². The summed E-state index contributed by atoms with van der Waals surface area (Å²) in [6.45, 7) is -0.949. The maximum absolute atomic E-state index is 12.0. The second-order valence-corrected chi connectivity index (χ2v) is 4.27. The van der Waals surface area contributed by atoms with Gasteiger partial charge in [0, 0.05) is 7.05 Å². The maximum Gasteiger partial charge on any atom is 0.335 e. The Morgan fingerprint density at radius 1 is 1.18 bits per heavy atom. The molecular weight excluding hydrogens is 296 g/mol. The van der Waals surface area contributed by atoms with Crippen LogP contribution in [0.4, 0.5) is 9.59 Å². The van der Waals surface area contributed by atoms with Crippen LogP contribution in [0.15, 0.2) is 22.8 Å². The van der Waals surface area contributed by atoms with Crippen molar-refractivity contribution in [3.05, 3.63) is 24.2 Å². The molecule has 1 aliphatic rings. The van der Waals surface area contributed by atoms with Gasteiger partial charge in [-0.2, -0.15) is 0 Å². The van der Waals surface area contributed by atoms with E-state index < -0.39 is 36.3 Å². The van der Waals surface area contributed by atoms with E-state index in [2.05, 4.69) is 5.32 Å². The molecule has 7 amide bonds. The summed E-state index contributed by atoms with van der Waals surface area (Å²) in [5.74, 6) is -2.78. The van der Waals surface area contributed by atoms with Crippen LogP contribution in [0.25, 0.3) is 0 Å². The summed E-state index contributed by atoms with van der Waals surface area (Å²) in [6.07, 6.45) is 1.36. The van der Waals surface area contributed by atoms with Crippen molar-refractivity contribution < 1.29 is 28.4 Å². The minimum absolute atomic E-state index is 0.218. The molecule has 22 heavy (non-hydrogen) atoms. The third-order valence-electron chi connectivity index (χ3n) is 2.81. The molecular formula is C12H12N4O6. The predicted octanol–water partition coefficient (Wildman–Crippen LogP) is -0.974. The van der Waals surface area contributed by atoms with Gasteiger partial charge in [-0.3, -0.25) is 19.7 Å². The molecule has 2 heterocycles. The Morgan fingerprint density at radius 3 is 2.45 bits per heavy atom. The van der Waals surface area contributed by atoms with Gasteiger partial charge < -0.3 is 9.73 Å². The lowest BCUT2D eigenvalue weighted by atomic mass is 10.4. The van der Waals surface area contributed by atoms with E-state index in [0.717, 1.165) is 0 Å². The number of urea groups is 2. The van der Waals surface area contributed by atoms with Gasteiger partial charge in [-0.05, 0) is 12.1 Å². The topological polar surface area (TPSA) is 129 Å². The van der Waals surface area contributed by atoms with E-state index in [1.165, 1.54) is 19.4 Å². The van der Waals surface area contributed by atoms with Crippen LogP contribution in [0.2, 0.25) is 0 Å². The number of carbonyl (C=O) groups excluding carboxylic acids is 5. The van der Waals surface area contributed by atoms with Crippen LogP contribution >= 0.6 is 0 Å². The maximum atomic E-state index is 12.0. The number of rotatable bonds is 4. The van der Waals surface area contributed by atoms with Crippen molar-refractivity contribution in [3.63, 3.8) is 0 Å². The molecule has 1 aromatic heterocycles. The largest absolute Gasteiger partial charge is 0.467 e. The van der Waals surface area contributed by atoms with Crippen molar-refractivity contribution in [1.29, 1.82) is 0 Å². The first-order chi connectivity index (χ1) is 10.4. The summed E-state index contributed by atoms with van der Waals surface area (Å²) < 4.78 is 5.00. The minimum Gasteiger partial charge on any atom is -0.467 e. The highest BCUT2D eigenvalue weighted by Gasteiger charge is 2.45. The Bertz CT molecular complexity index is 638. The van der Waals surface area contributed by atoms with E-state index in [4.69, 9.17) is 4.42 Å². The van der Waals surface area contributed by atoms with Gasteiger partial charge in [-0.15, -0.1) is 0 Å². The van der Waals surface area contributed by atoms with Crippen LogP contribution in [-0.4, -0.2) is 53.2 Å². The monoisotopic (exact) mass is 308 g/mol. The molecule has 2 rings (SSSR count). The molecule has 1 aliphatic heterocycles. The van der Waals surface area contributed by atoms with E-state index in [1.54, 1.807) is 6.07 Å². The van der Waals surface area contributed by atoms with Crippen molar-refractivity contribution in [3.8, 4) is 0 Å². The average Bonchev–Trinajstić information content (AvgIpc) is 3.06. The number of nitrogens with one attached hydrogen (secondary N) is 2. The van der Waals surface area contributed by atoms with Gasteiger partial charge in [0.1, 0.15) is 12.3 Å². The van der Waals surface area contributed by atoms with Gasteiger partial charge in [0.25, 0.3) is 0 Å². The number of carbonyl (C=O) groups is 5. The molecule has 1 saturated heterocycles. The Kier molecular flexibility index (Phi) is 4.20. The van der Waals surface area contributed by atoms with Crippen molar-refractivity contribution in [2.75, 3.05) is 13.6 Å². The molecule has 10 nitrogen and oxygen atoms in total. The number of amides is 7. The van der Waals surface area contributed by atoms with Gasteiger partial charge in [0.05, 0.1) is 12.8 Å². The van der Waals surface area contributed by atoms with Crippen LogP contribution in [0.5, 0.6) is 0 Å². The van der Waals surface area contributed by atoms with Crippen molar-refractivity contribution in [2.45, 2.75) is 6.54 Å². The standard InChI is InChI=1S/C12H12N4O6/c1-13-11(20)14-8(17)6-16-10(19)9(18)15(12(16)21)5-7-3-2-4-22-7/h2-4H,5-6H2,1H3,(H2,13,14,17,20). The average molecular weight is 308 g/mol. The highest BCUT2D eigenvalue weighted by atomic mass is 16.3. The summed E-state index contributed by atoms with van der Waals surface area (Å²) in [5, 5.41) is 4.03. The third-order valence-corrected chi connectivity index (χ3v) is 2.81. The lowest BCUT2D eigenvalue weighted by Gasteiger charge is -2.14. The van der Waals surface area contributed by atoms with Crippen molar-refractivity contribution >= 4 is 29.8 Å². The molecule has 1 aromatic rings. The zero-order chi connectivity index (χ0) is 16.3. The molecule has 0 atom stereocenters. The molecule has 0 radical (unpaired) electrons. The number of nitrogens with zero attached hydrogens (tertiary/aromatic N) is 2. The third kappa shape index (κ3) is 2.95. The Hall–Kier alpha value is -3.17. The Labute approximate surface area is 124 Å². The van der Waals surface area contributed by atoms with Gasteiger partial charge in [0.15, 0.2) is 0 Å². The van der Waals surface area contributed by atoms with Gasteiger partial charge >= 0.3 is 23.9 Å². The van der Waals surface area contributed by atoms with Crippen LogP contribution in [0, 0.1) is 0 Å². The molecule has 0 spiro atoms. The van der Waals surface area contributed by atoms with E-state index in [-0.39, 0.29) is 6.54 Å². The van der Waals surface area contributed by atoms with Crippen LogP contribution in [-0.2, 0) is 20.9 Å². The highest BCUT2D eigenvalue weighted by molar-refractivity contribution is 6.45. The van der Waals surface area contributed by atoms with Crippen LogP contribution in [0.3, 0.4) is 0 Å². The lowest BCUT2D eigenvalue weighted by molar-refractivity contribution is -0.144. The Balaban J connectivity index is 2.05. The number of hydrogen-bond donors (Lipinski definition) is 2. The number of furan rings is 1. The second-order valence-electron chi connectivity index (χ2n) is 4.27. The zero-order valence-electron chi connectivity index (χ0n) is 11.5. The van der Waals surface area contributed by atoms with Crippen molar-refractivity contribution in [2.24, 2.45) is 0 Å². The first-order valence-corrected chi connectivity index (χ1v) is 6.15. The second kappa shape index (κ2) is 6.08. The van der Waals surface area contributed by atoms with E-state index in [0.29, 0.717) is 15.6 Å². The highest BCUT2D eigenvalue weighted by Crippen LogP contribution is 2.15. The van der Waals surface area contributed by atoms with Crippen LogP contribution in [0.1, 0.15) is 5.76 Å². The molecule has 0 aliphatic carbocycles. The van der Waals surface area contributed by atoms with Crippen LogP contribution < -0.4 is 10.6 Å². The fourth-order valence-corrected chi connectivity index (χ4v) is 1.76. The summed E-state index contributed by atoms with van der Waals surface area (Å²) in [7, 11) is 1.30. The summed E-state index contributed by atoms with van der Waals surface area (Å²) in [5.41, 5.74) is 0. The fourth-order valence-electron chi connectivity index (χ4n) is 1.76. The van der Waals surface area contributed by atoms with E-state index in [9.17, 15) is 24.0 Å². The SMILES string of the molecule is CNC(=O)NC(=O)CN1C(=O)C(=O)N(Cc2ccco2)C1=O. The molecule has 116 valence electrons. The quantitative estimate of drug-likeness (QED) is 0.543. The molecule has 2 N–H and O–H groups in total. The first kappa shape index (κ1) is 15.2. The Morgan fingerprint density at radius 2 is 1.86 bits per heavy atom. The minimum atomic E-state index is -1.14. The van der Waals surface area contributed by atoms with E-state index in [1.807, 2.05) is 5.32 Å². The molecule has 0 saturated carbocycles.